The Kier molecular flexibility index (Phi) is 55.4. The Morgan fingerprint density at radius 1 is 0.795 bits per heavy atom. The van der Waals surface area contributed by atoms with Crippen molar-refractivity contribution in [3.8, 4) is 0 Å². The third-order valence-corrected chi connectivity index (χ3v) is 6.33. The summed E-state index contributed by atoms with van der Waals surface area (Å²) in [4.78, 5) is 34.6. The SMILES string of the molecule is C.C.C.C.C=C(CCOO)C(C)CC.C=CC(C)(CC)CC(=O)O.CC/C=C(/CC)CC(=O)O.CC/C=C(\CC)CC(=O)O. The lowest BCUT2D eigenvalue weighted by Gasteiger charge is -2.20. The molecular weight excluding hydrogens is 560 g/mol. The van der Waals surface area contributed by atoms with Crippen LogP contribution in [0.15, 0.2) is 48.1 Å². The summed E-state index contributed by atoms with van der Waals surface area (Å²) in [5, 5.41) is 33.3. The van der Waals surface area contributed by atoms with Gasteiger partial charge in [-0.05, 0) is 56.3 Å². The van der Waals surface area contributed by atoms with Crippen LogP contribution in [0.5, 0.6) is 0 Å². The molecule has 0 aromatic carbocycles. The minimum Gasteiger partial charge on any atom is -0.481 e. The molecule has 0 saturated carbocycles. The molecule has 266 valence electrons. The highest BCUT2D eigenvalue weighted by Gasteiger charge is 2.20. The van der Waals surface area contributed by atoms with Crippen molar-refractivity contribution in [2.45, 2.75) is 149 Å². The smallest absolute Gasteiger partial charge is 0.307 e. The van der Waals surface area contributed by atoms with Gasteiger partial charge < -0.3 is 15.3 Å². The van der Waals surface area contributed by atoms with E-state index in [4.69, 9.17) is 20.6 Å². The maximum absolute atomic E-state index is 10.3. The van der Waals surface area contributed by atoms with Gasteiger partial charge in [-0.2, -0.15) is 0 Å². The molecule has 0 aliphatic carbocycles. The van der Waals surface area contributed by atoms with Crippen molar-refractivity contribution in [1.29, 1.82) is 0 Å². The van der Waals surface area contributed by atoms with Gasteiger partial charge in [-0.1, -0.05) is 127 Å². The van der Waals surface area contributed by atoms with Crippen LogP contribution < -0.4 is 0 Å². The van der Waals surface area contributed by atoms with Gasteiger partial charge in [0.25, 0.3) is 0 Å². The van der Waals surface area contributed by atoms with Gasteiger partial charge in [0.15, 0.2) is 0 Å². The monoisotopic (exact) mass is 635 g/mol. The summed E-state index contributed by atoms with van der Waals surface area (Å²) in [7, 11) is 0. The molecule has 8 heteroatoms. The highest BCUT2D eigenvalue weighted by atomic mass is 17.1. The fraction of sp³-hybridized carbons (Fsp3) is 0.694. The number of hydrogen-bond donors (Lipinski definition) is 4. The van der Waals surface area contributed by atoms with E-state index < -0.39 is 17.9 Å². The predicted octanol–water partition coefficient (Wildman–Crippen LogP) is 11.5. The first-order chi connectivity index (χ1) is 18.7. The second-order valence-electron chi connectivity index (χ2n) is 9.72. The van der Waals surface area contributed by atoms with Crippen LogP contribution in [0.25, 0.3) is 0 Å². The van der Waals surface area contributed by atoms with Gasteiger partial charge in [0.05, 0.1) is 25.9 Å². The van der Waals surface area contributed by atoms with Gasteiger partial charge in [-0.15, -0.1) is 6.58 Å². The zero-order valence-electron chi connectivity index (χ0n) is 26.4. The molecule has 0 fully saturated rings. The molecule has 0 rings (SSSR count). The van der Waals surface area contributed by atoms with Crippen molar-refractivity contribution in [3.05, 3.63) is 48.1 Å². The number of rotatable bonds is 17. The van der Waals surface area contributed by atoms with Crippen molar-refractivity contribution in [3.63, 3.8) is 0 Å². The molecule has 0 amide bonds. The lowest BCUT2D eigenvalue weighted by atomic mass is 9.84. The number of allylic oxidation sites excluding steroid dienone is 3. The molecule has 2 atom stereocenters. The molecule has 0 aromatic rings. The summed E-state index contributed by atoms with van der Waals surface area (Å²) in [6.45, 7) is 23.9. The first kappa shape index (κ1) is 60.5. The second-order valence-corrected chi connectivity index (χ2v) is 9.72. The molecule has 8 nitrogen and oxygen atoms in total. The fourth-order valence-corrected chi connectivity index (χ4v) is 3.05. The minimum absolute atomic E-state index is 0. The summed E-state index contributed by atoms with van der Waals surface area (Å²) in [6.07, 6.45) is 12.5. The molecule has 0 heterocycles. The van der Waals surface area contributed by atoms with Crippen molar-refractivity contribution >= 4 is 17.9 Å². The van der Waals surface area contributed by atoms with Crippen molar-refractivity contribution in [2.75, 3.05) is 6.61 Å². The normalized spacial score (nSPS) is 11.8. The van der Waals surface area contributed by atoms with Crippen LogP contribution in [0.4, 0.5) is 0 Å². The van der Waals surface area contributed by atoms with Gasteiger partial charge in [0, 0.05) is 0 Å². The van der Waals surface area contributed by atoms with Crippen LogP contribution in [0.1, 0.15) is 149 Å². The Balaban J connectivity index is -0.0000000635. The first-order valence-electron chi connectivity index (χ1n) is 14.3. The van der Waals surface area contributed by atoms with Gasteiger partial charge in [0.2, 0.25) is 0 Å². The zero-order chi connectivity index (χ0) is 32.1. The van der Waals surface area contributed by atoms with E-state index in [9.17, 15) is 14.4 Å². The average molecular weight is 635 g/mol. The van der Waals surface area contributed by atoms with Crippen LogP contribution >= 0.6 is 0 Å². The highest BCUT2D eigenvalue weighted by Crippen LogP contribution is 2.26. The Hall–Kier alpha value is -2.71. The van der Waals surface area contributed by atoms with E-state index in [1.807, 2.05) is 53.7 Å². The maximum Gasteiger partial charge on any atom is 0.307 e. The maximum atomic E-state index is 10.3. The van der Waals surface area contributed by atoms with E-state index in [1.54, 1.807) is 6.08 Å². The number of carboxylic acid groups (broad SMARTS) is 3. The standard InChI is InChI=1S/C8H16O2.3C8H14O2.4CH4/c1-4-7(2)8(3)5-6-10-9;1-4-8(3,5-2)6-7(9)10;2*1-3-5-7(4-2)6-8(9)10;;;;/h7,9H,3-6H2,1-2H3;4H,1,5-6H2,2-3H3,(H,9,10);2*5H,3-4,6H2,1-2H3,(H,9,10);4*1H4/b;;7-5+;7-5-;;;;. The predicted molar refractivity (Wildman–Crippen MR) is 191 cm³/mol. The summed E-state index contributed by atoms with van der Waals surface area (Å²) in [5.74, 6) is -1.69. The molecule has 0 radical (unpaired) electrons. The third kappa shape index (κ3) is 43.7. The number of carboxylic acids is 3. The van der Waals surface area contributed by atoms with E-state index in [0.717, 1.165) is 61.7 Å². The Bertz CT molecular complexity index is 734. The van der Waals surface area contributed by atoms with Crippen LogP contribution in [-0.2, 0) is 19.3 Å². The molecule has 0 aromatic heterocycles. The molecule has 0 aliphatic heterocycles. The van der Waals surface area contributed by atoms with E-state index in [1.165, 1.54) is 0 Å². The molecular formula is C36H74O8. The quantitative estimate of drug-likeness (QED) is 0.0703. The summed E-state index contributed by atoms with van der Waals surface area (Å²) < 4.78 is 0. The Morgan fingerprint density at radius 3 is 1.36 bits per heavy atom. The lowest BCUT2D eigenvalue weighted by molar-refractivity contribution is -0.241. The number of aliphatic carboxylic acids is 3. The van der Waals surface area contributed by atoms with Crippen LogP contribution in [-0.4, -0.2) is 45.1 Å². The number of carbonyl (C=O) groups is 3. The fourth-order valence-electron chi connectivity index (χ4n) is 3.05. The molecule has 44 heavy (non-hydrogen) atoms. The average Bonchev–Trinajstić information content (AvgIpc) is 2.90. The summed E-state index contributed by atoms with van der Waals surface area (Å²) in [6, 6.07) is 0. The van der Waals surface area contributed by atoms with E-state index in [2.05, 4.69) is 31.9 Å². The van der Waals surface area contributed by atoms with Gasteiger partial charge in [-0.3, -0.25) is 19.6 Å². The van der Waals surface area contributed by atoms with E-state index in [0.29, 0.717) is 12.5 Å². The zero-order valence-corrected chi connectivity index (χ0v) is 26.4. The molecule has 0 saturated heterocycles. The van der Waals surface area contributed by atoms with Crippen LogP contribution in [0, 0.1) is 11.3 Å². The van der Waals surface area contributed by atoms with Crippen molar-refractivity contribution < 1.29 is 39.8 Å². The van der Waals surface area contributed by atoms with Crippen LogP contribution in [0.3, 0.4) is 0 Å². The minimum atomic E-state index is -0.760. The van der Waals surface area contributed by atoms with Gasteiger partial charge >= 0.3 is 17.9 Å². The number of hydrogen-bond acceptors (Lipinski definition) is 5. The van der Waals surface area contributed by atoms with Crippen LogP contribution in [0.2, 0.25) is 0 Å². The molecule has 2 unspecified atom stereocenters. The largest absolute Gasteiger partial charge is 0.481 e. The highest BCUT2D eigenvalue weighted by molar-refractivity contribution is 5.70. The summed E-state index contributed by atoms with van der Waals surface area (Å²) >= 11 is 0. The molecule has 0 bridgehead atoms. The molecule has 4 N–H and O–H groups in total. The Labute approximate surface area is 272 Å². The van der Waals surface area contributed by atoms with E-state index in [-0.39, 0.29) is 54.4 Å². The lowest BCUT2D eigenvalue weighted by Crippen LogP contribution is -2.16. The van der Waals surface area contributed by atoms with Gasteiger partial charge in [0.1, 0.15) is 0 Å². The van der Waals surface area contributed by atoms with Gasteiger partial charge in [-0.25, -0.2) is 4.89 Å². The first-order valence-corrected chi connectivity index (χ1v) is 14.3. The molecule has 0 aliphatic rings. The Morgan fingerprint density at radius 2 is 1.18 bits per heavy atom. The topological polar surface area (TPSA) is 141 Å². The summed E-state index contributed by atoms with van der Waals surface area (Å²) in [5.41, 5.74) is 2.97. The van der Waals surface area contributed by atoms with Crippen molar-refractivity contribution in [2.24, 2.45) is 11.3 Å². The molecule has 0 spiro atoms. The van der Waals surface area contributed by atoms with E-state index >= 15 is 0 Å². The van der Waals surface area contributed by atoms with Crippen molar-refractivity contribution in [1.82, 2.24) is 0 Å². The third-order valence-electron chi connectivity index (χ3n) is 6.33. The second kappa shape index (κ2) is 40.3.